The number of aromatic nitrogens is 1. The molecule has 1 aromatic carbocycles. The van der Waals surface area contributed by atoms with Crippen molar-refractivity contribution in [3.8, 4) is 0 Å². The molecule has 6 heteroatoms. The van der Waals surface area contributed by atoms with E-state index in [1.165, 1.54) is 11.3 Å². The van der Waals surface area contributed by atoms with Gasteiger partial charge in [0.05, 0.1) is 17.3 Å². The SMILES string of the molecule is Cc1nc(C)c(C(=O)OCC2CC(=O)N(Cc3ccccc3)C2)s1. The number of nitrogens with zero attached hydrogens (tertiary/aromatic N) is 2. The van der Waals surface area contributed by atoms with Crippen molar-refractivity contribution in [1.82, 2.24) is 9.88 Å². The molecule has 1 fully saturated rings. The van der Waals surface area contributed by atoms with Gasteiger partial charge in [0.1, 0.15) is 4.88 Å². The molecule has 1 aliphatic rings. The minimum atomic E-state index is -0.341. The molecule has 1 atom stereocenters. The summed E-state index contributed by atoms with van der Waals surface area (Å²) in [5.41, 5.74) is 1.81. The molecular weight excluding hydrogens is 324 g/mol. The highest BCUT2D eigenvalue weighted by molar-refractivity contribution is 7.13. The molecular formula is C18H20N2O3S. The summed E-state index contributed by atoms with van der Waals surface area (Å²) in [6.45, 7) is 5.18. The van der Waals surface area contributed by atoms with Crippen molar-refractivity contribution < 1.29 is 14.3 Å². The van der Waals surface area contributed by atoms with Crippen molar-refractivity contribution in [3.05, 3.63) is 51.5 Å². The number of carbonyl (C=O) groups is 2. The van der Waals surface area contributed by atoms with Crippen LogP contribution in [0, 0.1) is 19.8 Å². The molecule has 1 aromatic heterocycles. The third-order valence-electron chi connectivity index (χ3n) is 4.05. The molecule has 0 bridgehead atoms. The number of hydrogen-bond acceptors (Lipinski definition) is 5. The fourth-order valence-electron chi connectivity index (χ4n) is 2.90. The summed E-state index contributed by atoms with van der Waals surface area (Å²) in [4.78, 5) is 30.9. The first-order valence-corrected chi connectivity index (χ1v) is 8.77. The summed E-state index contributed by atoms with van der Waals surface area (Å²) in [7, 11) is 0. The summed E-state index contributed by atoms with van der Waals surface area (Å²) in [5.74, 6) is -0.170. The molecule has 126 valence electrons. The lowest BCUT2D eigenvalue weighted by atomic mass is 10.1. The number of rotatable bonds is 5. The Morgan fingerprint density at radius 1 is 1.33 bits per heavy atom. The smallest absolute Gasteiger partial charge is 0.350 e. The number of carbonyl (C=O) groups excluding carboxylic acids is 2. The maximum atomic E-state index is 12.1. The van der Waals surface area contributed by atoms with Crippen LogP contribution in [-0.4, -0.2) is 34.9 Å². The molecule has 0 spiro atoms. The van der Waals surface area contributed by atoms with Crippen LogP contribution < -0.4 is 0 Å². The van der Waals surface area contributed by atoms with Gasteiger partial charge in [0.25, 0.3) is 0 Å². The van der Waals surface area contributed by atoms with E-state index in [0.29, 0.717) is 30.1 Å². The second kappa shape index (κ2) is 7.13. The van der Waals surface area contributed by atoms with Crippen LogP contribution in [0.25, 0.3) is 0 Å². The molecule has 24 heavy (non-hydrogen) atoms. The predicted octanol–water partition coefficient (Wildman–Crippen LogP) is 2.97. The van der Waals surface area contributed by atoms with Gasteiger partial charge in [-0.3, -0.25) is 4.79 Å². The summed E-state index contributed by atoms with van der Waals surface area (Å²) in [5, 5.41) is 0.851. The lowest BCUT2D eigenvalue weighted by Gasteiger charge is -2.16. The molecule has 0 aliphatic carbocycles. The number of ether oxygens (including phenoxy) is 1. The summed E-state index contributed by atoms with van der Waals surface area (Å²) < 4.78 is 5.41. The summed E-state index contributed by atoms with van der Waals surface area (Å²) >= 11 is 1.34. The van der Waals surface area contributed by atoms with Crippen LogP contribution in [0.5, 0.6) is 0 Å². The van der Waals surface area contributed by atoms with E-state index >= 15 is 0 Å². The first kappa shape index (κ1) is 16.6. The van der Waals surface area contributed by atoms with Gasteiger partial charge in [-0.2, -0.15) is 0 Å². The average Bonchev–Trinajstić information content (AvgIpc) is 3.08. The first-order chi connectivity index (χ1) is 11.5. The van der Waals surface area contributed by atoms with Gasteiger partial charge in [0.15, 0.2) is 0 Å². The Balaban J connectivity index is 1.53. The second-order valence-corrected chi connectivity index (χ2v) is 7.28. The number of aryl methyl sites for hydroxylation is 2. The topological polar surface area (TPSA) is 59.5 Å². The Morgan fingerprint density at radius 2 is 2.08 bits per heavy atom. The largest absolute Gasteiger partial charge is 0.461 e. The van der Waals surface area contributed by atoms with E-state index in [4.69, 9.17) is 4.74 Å². The summed E-state index contributed by atoms with van der Waals surface area (Å²) in [6.07, 6.45) is 0.431. The van der Waals surface area contributed by atoms with Gasteiger partial charge in [-0.15, -0.1) is 11.3 Å². The molecule has 0 radical (unpaired) electrons. The highest BCUT2D eigenvalue weighted by Crippen LogP contribution is 2.22. The van der Waals surface area contributed by atoms with Gasteiger partial charge in [0.2, 0.25) is 5.91 Å². The Kier molecular flexibility index (Phi) is 4.94. The number of likely N-dealkylation sites (tertiary alicyclic amines) is 1. The zero-order valence-corrected chi connectivity index (χ0v) is 14.6. The Hall–Kier alpha value is -2.21. The van der Waals surface area contributed by atoms with Crippen molar-refractivity contribution in [2.24, 2.45) is 5.92 Å². The van der Waals surface area contributed by atoms with Crippen LogP contribution in [0.3, 0.4) is 0 Å². The van der Waals surface area contributed by atoms with Crippen LogP contribution in [0.1, 0.15) is 32.4 Å². The standard InChI is InChI=1S/C18H20N2O3S/c1-12-17(24-13(2)19-12)18(22)23-11-15-8-16(21)20(10-15)9-14-6-4-3-5-7-14/h3-7,15H,8-11H2,1-2H3. The van der Waals surface area contributed by atoms with Crippen LogP contribution in [-0.2, 0) is 16.1 Å². The zero-order valence-electron chi connectivity index (χ0n) is 13.8. The number of amides is 1. The van der Waals surface area contributed by atoms with Crippen molar-refractivity contribution >= 4 is 23.2 Å². The highest BCUT2D eigenvalue weighted by Gasteiger charge is 2.30. The van der Waals surface area contributed by atoms with E-state index < -0.39 is 0 Å². The fourth-order valence-corrected chi connectivity index (χ4v) is 3.72. The van der Waals surface area contributed by atoms with Crippen LogP contribution in [0.4, 0.5) is 0 Å². The molecule has 1 amide bonds. The van der Waals surface area contributed by atoms with Crippen molar-refractivity contribution in [2.75, 3.05) is 13.2 Å². The van der Waals surface area contributed by atoms with E-state index in [1.807, 2.05) is 42.2 Å². The third kappa shape index (κ3) is 3.82. The van der Waals surface area contributed by atoms with Crippen LogP contribution in [0.2, 0.25) is 0 Å². The normalized spacial score (nSPS) is 17.3. The number of benzene rings is 1. The maximum absolute atomic E-state index is 12.1. The Bertz CT molecular complexity index is 742. The Morgan fingerprint density at radius 3 is 2.75 bits per heavy atom. The second-order valence-electron chi connectivity index (χ2n) is 6.08. The van der Waals surface area contributed by atoms with Gasteiger partial charge >= 0.3 is 5.97 Å². The van der Waals surface area contributed by atoms with Gasteiger partial charge in [-0.05, 0) is 19.4 Å². The van der Waals surface area contributed by atoms with Crippen molar-refractivity contribution in [1.29, 1.82) is 0 Å². The highest BCUT2D eigenvalue weighted by atomic mass is 32.1. The quantitative estimate of drug-likeness (QED) is 0.783. The van der Waals surface area contributed by atoms with E-state index in [2.05, 4.69) is 4.98 Å². The molecule has 2 heterocycles. The van der Waals surface area contributed by atoms with E-state index in [1.54, 1.807) is 6.92 Å². The lowest BCUT2D eigenvalue weighted by molar-refractivity contribution is -0.128. The van der Waals surface area contributed by atoms with Crippen LogP contribution >= 0.6 is 11.3 Å². The van der Waals surface area contributed by atoms with Gasteiger partial charge in [0, 0.05) is 25.4 Å². The Labute approximate surface area is 145 Å². The minimum Gasteiger partial charge on any atom is -0.461 e. The molecule has 0 saturated carbocycles. The molecule has 1 aliphatic heterocycles. The first-order valence-electron chi connectivity index (χ1n) is 7.96. The third-order valence-corrected chi connectivity index (χ3v) is 5.10. The average molecular weight is 344 g/mol. The molecule has 0 N–H and O–H groups in total. The van der Waals surface area contributed by atoms with Crippen molar-refractivity contribution in [2.45, 2.75) is 26.8 Å². The lowest BCUT2D eigenvalue weighted by Crippen LogP contribution is -2.25. The monoisotopic (exact) mass is 344 g/mol. The number of hydrogen-bond donors (Lipinski definition) is 0. The molecule has 1 saturated heterocycles. The van der Waals surface area contributed by atoms with E-state index in [0.717, 1.165) is 10.6 Å². The maximum Gasteiger partial charge on any atom is 0.350 e. The predicted molar refractivity (Wildman–Crippen MR) is 91.8 cm³/mol. The van der Waals surface area contributed by atoms with Crippen LogP contribution in [0.15, 0.2) is 30.3 Å². The molecule has 3 rings (SSSR count). The number of esters is 1. The number of thiazole rings is 1. The van der Waals surface area contributed by atoms with E-state index in [-0.39, 0.29) is 24.4 Å². The molecule has 5 nitrogen and oxygen atoms in total. The molecule has 2 aromatic rings. The van der Waals surface area contributed by atoms with Gasteiger partial charge in [-0.1, -0.05) is 30.3 Å². The zero-order chi connectivity index (χ0) is 17.1. The van der Waals surface area contributed by atoms with Gasteiger partial charge < -0.3 is 9.64 Å². The fraction of sp³-hybridized carbons (Fsp3) is 0.389. The van der Waals surface area contributed by atoms with E-state index in [9.17, 15) is 9.59 Å². The van der Waals surface area contributed by atoms with Crippen molar-refractivity contribution in [3.63, 3.8) is 0 Å². The summed E-state index contributed by atoms with van der Waals surface area (Å²) in [6, 6.07) is 9.91. The molecule has 1 unspecified atom stereocenters. The van der Waals surface area contributed by atoms with Gasteiger partial charge in [-0.25, -0.2) is 9.78 Å². The minimum absolute atomic E-state index is 0.0551.